The molecule has 2 aromatic carbocycles. The molecule has 3 aromatic rings. The fraction of sp³-hybridized carbons (Fsp3) is 0.176. The second kappa shape index (κ2) is 6.41. The molecule has 1 aromatic heterocycles. The number of rotatable bonds is 4. The number of nitrogen functional groups attached to an aromatic ring is 1. The molecule has 0 bridgehead atoms. The molecule has 0 aliphatic carbocycles. The molecular formula is C17H18N4O. The molecule has 0 aliphatic rings. The number of aliphatic hydroxyl groups excluding tert-OH is 1. The molecule has 0 saturated heterocycles. The van der Waals surface area contributed by atoms with Gasteiger partial charge in [0.15, 0.2) is 5.49 Å². The zero-order chi connectivity index (χ0) is 15.4. The quantitative estimate of drug-likeness (QED) is 0.769. The Morgan fingerprint density at radius 2 is 1.77 bits per heavy atom. The van der Waals surface area contributed by atoms with Crippen molar-refractivity contribution in [3.8, 4) is 0 Å². The monoisotopic (exact) mass is 294 g/mol. The highest BCUT2D eigenvalue weighted by atomic mass is 16.3. The predicted octanol–water partition coefficient (Wildman–Crippen LogP) is 1.71. The summed E-state index contributed by atoms with van der Waals surface area (Å²) >= 11 is 0. The van der Waals surface area contributed by atoms with E-state index >= 15 is 0 Å². The van der Waals surface area contributed by atoms with Crippen molar-refractivity contribution in [3.05, 3.63) is 65.6 Å². The Hall–Kier alpha value is -2.66. The molecule has 5 heteroatoms. The summed E-state index contributed by atoms with van der Waals surface area (Å²) in [5.74, 6) is 0.361. The molecule has 0 unspecified atom stereocenters. The van der Waals surface area contributed by atoms with Crippen LogP contribution < -0.4 is 11.2 Å². The lowest BCUT2D eigenvalue weighted by atomic mass is 10.2. The molecule has 1 heterocycles. The first-order valence-corrected chi connectivity index (χ1v) is 7.20. The Bertz CT molecular complexity index is 840. The summed E-state index contributed by atoms with van der Waals surface area (Å²) in [4.78, 5) is 9.00. The highest BCUT2D eigenvalue weighted by Crippen LogP contribution is 2.12. The van der Waals surface area contributed by atoms with Crippen LogP contribution in [-0.2, 0) is 13.1 Å². The average Bonchev–Trinajstić information content (AvgIpc) is 2.57. The van der Waals surface area contributed by atoms with Crippen molar-refractivity contribution < 1.29 is 5.11 Å². The second-order valence-electron chi connectivity index (χ2n) is 4.99. The predicted molar refractivity (Wildman–Crippen MR) is 86.9 cm³/mol. The third-order valence-corrected chi connectivity index (χ3v) is 3.51. The lowest BCUT2D eigenvalue weighted by Gasteiger charge is -2.12. The van der Waals surface area contributed by atoms with Crippen LogP contribution in [0.2, 0.25) is 0 Å². The molecule has 0 aliphatic heterocycles. The van der Waals surface area contributed by atoms with Gasteiger partial charge in [0.25, 0.3) is 0 Å². The summed E-state index contributed by atoms with van der Waals surface area (Å²) in [6.45, 7) is 0.987. The number of para-hydroxylation sites is 1. The molecule has 0 saturated carbocycles. The first-order chi connectivity index (χ1) is 10.8. The average molecular weight is 294 g/mol. The number of hydrogen-bond donors (Lipinski definition) is 2. The molecular weight excluding hydrogens is 276 g/mol. The maximum atomic E-state index is 9.20. The van der Waals surface area contributed by atoms with Crippen LogP contribution in [0.3, 0.4) is 0 Å². The summed E-state index contributed by atoms with van der Waals surface area (Å²) in [5, 5.41) is 10.1. The van der Waals surface area contributed by atoms with E-state index in [4.69, 9.17) is 5.73 Å². The number of anilines is 1. The van der Waals surface area contributed by atoms with Crippen molar-refractivity contribution in [2.45, 2.75) is 13.1 Å². The number of hydrogen-bond acceptors (Lipinski definition) is 4. The van der Waals surface area contributed by atoms with Crippen LogP contribution in [0.4, 0.5) is 5.95 Å². The molecule has 0 fully saturated rings. The van der Waals surface area contributed by atoms with Gasteiger partial charge < -0.3 is 15.4 Å². The molecule has 22 heavy (non-hydrogen) atoms. The highest BCUT2D eigenvalue weighted by molar-refractivity contribution is 5.79. The van der Waals surface area contributed by atoms with Crippen LogP contribution in [0.1, 0.15) is 5.56 Å². The summed E-state index contributed by atoms with van der Waals surface area (Å²) in [6, 6.07) is 17.9. The minimum atomic E-state index is 0.0149. The van der Waals surface area contributed by atoms with E-state index in [1.165, 1.54) is 0 Å². The SMILES string of the molecule is Nc1nc(=NCc2ccccc2)c2ccccc2n1CCO. The van der Waals surface area contributed by atoms with E-state index in [0.717, 1.165) is 16.5 Å². The van der Waals surface area contributed by atoms with Gasteiger partial charge in [0.1, 0.15) is 0 Å². The number of fused-ring (bicyclic) bond motifs is 1. The van der Waals surface area contributed by atoms with Crippen molar-refractivity contribution in [1.82, 2.24) is 9.55 Å². The maximum Gasteiger partial charge on any atom is 0.202 e. The van der Waals surface area contributed by atoms with E-state index in [1.807, 2.05) is 54.6 Å². The number of aliphatic hydroxyl groups is 1. The van der Waals surface area contributed by atoms with Crippen LogP contribution in [0, 0.1) is 0 Å². The lowest BCUT2D eigenvalue weighted by molar-refractivity contribution is 0.278. The number of nitrogens with two attached hydrogens (primary N) is 1. The zero-order valence-electron chi connectivity index (χ0n) is 12.2. The number of nitrogens with zero attached hydrogens (tertiary/aromatic N) is 3. The van der Waals surface area contributed by atoms with Crippen molar-refractivity contribution in [2.24, 2.45) is 4.99 Å². The Morgan fingerprint density at radius 1 is 1.05 bits per heavy atom. The summed E-state index contributed by atoms with van der Waals surface area (Å²) in [6.07, 6.45) is 0. The second-order valence-corrected chi connectivity index (χ2v) is 4.99. The van der Waals surface area contributed by atoms with Crippen molar-refractivity contribution in [1.29, 1.82) is 0 Å². The minimum absolute atomic E-state index is 0.0149. The summed E-state index contributed by atoms with van der Waals surface area (Å²) < 4.78 is 1.80. The van der Waals surface area contributed by atoms with Gasteiger partial charge in [0.05, 0.1) is 18.7 Å². The van der Waals surface area contributed by atoms with Gasteiger partial charge in [0.2, 0.25) is 5.95 Å². The Balaban J connectivity index is 2.12. The van der Waals surface area contributed by atoms with Crippen LogP contribution in [0.15, 0.2) is 59.6 Å². The van der Waals surface area contributed by atoms with E-state index in [1.54, 1.807) is 4.57 Å². The first-order valence-electron chi connectivity index (χ1n) is 7.20. The van der Waals surface area contributed by atoms with Crippen LogP contribution in [0.5, 0.6) is 0 Å². The van der Waals surface area contributed by atoms with E-state index in [0.29, 0.717) is 24.5 Å². The molecule has 5 nitrogen and oxygen atoms in total. The molecule has 0 radical (unpaired) electrons. The standard InChI is InChI=1S/C17H18N4O/c18-17-20-16(19-12-13-6-2-1-3-7-13)14-8-4-5-9-15(14)21(17)10-11-22/h1-9,22H,10-12H2,(H2,18,19,20). The third kappa shape index (κ3) is 2.84. The van der Waals surface area contributed by atoms with Gasteiger partial charge >= 0.3 is 0 Å². The molecule has 112 valence electrons. The van der Waals surface area contributed by atoms with Gasteiger partial charge in [-0.3, -0.25) is 4.99 Å². The van der Waals surface area contributed by atoms with E-state index < -0.39 is 0 Å². The van der Waals surface area contributed by atoms with Gasteiger partial charge in [-0.1, -0.05) is 42.5 Å². The van der Waals surface area contributed by atoms with Crippen LogP contribution >= 0.6 is 0 Å². The molecule has 3 rings (SSSR count). The Kier molecular flexibility index (Phi) is 4.16. The van der Waals surface area contributed by atoms with Crippen molar-refractivity contribution in [3.63, 3.8) is 0 Å². The van der Waals surface area contributed by atoms with Crippen LogP contribution in [0.25, 0.3) is 10.9 Å². The van der Waals surface area contributed by atoms with Gasteiger partial charge in [-0.05, 0) is 17.7 Å². The minimum Gasteiger partial charge on any atom is -0.395 e. The fourth-order valence-electron chi connectivity index (χ4n) is 2.46. The third-order valence-electron chi connectivity index (χ3n) is 3.51. The van der Waals surface area contributed by atoms with Crippen LogP contribution in [-0.4, -0.2) is 21.3 Å². The van der Waals surface area contributed by atoms with Gasteiger partial charge in [0, 0.05) is 11.9 Å². The molecule has 0 atom stereocenters. The molecule has 0 spiro atoms. The van der Waals surface area contributed by atoms with E-state index in [2.05, 4.69) is 9.98 Å². The van der Waals surface area contributed by atoms with Gasteiger partial charge in [-0.15, -0.1) is 0 Å². The van der Waals surface area contributed by atoms with Gasteiger partial charge in [-0.25, -0.2) is 0 Å². The van der Waals surface area contributed by atoms with E-state index in [9.17, 15) is 5.11 Å². The first kappa shape index (κ1) is 14.3. The normalized spacial score (nSPS) is 12.0. The largest absolute Gasteiger partial charge is 0.395 e. The Labute approximate surface area is 128 Å². The fourth-order valence-corrected chi connectivity index (χ4v) is 2.46. The highest BCUT2D eigenvalue weighted by Gasteiger charge is 2.06. The smallest absolute Gasteiger partial charge is 0.202 e. The topological polar surface area (TPSA) is 76.4 Å². The van der Waals surface area contributed by atoms with Crippen molar-refractivity contribution >= 4 is 16.9 Å². The maximum absolute atomic E-state index is 9.20. The molecule has 3 N–H and O–H groups in total. The number of aromatic nitrogens is 2. The Morgan fingerprint density at radius 3 is 2.55 bits per heavy atom. The zero-order valence-corrected chi connectivity index (χ0v) is 12.2. The van der Waals surface area contributed by atoms with E-state index in [-0.39, 0.29) is 6.61 Å². The van der Waals surface area contributed by atoms with Crippen molar-refractivity contribution in [2.75, 3.05) is 12.3 Å². The molecule has 0 amide bonds. The van der Waals surface area contributed by atoms with Gasteiger partial charge in [-0.2, -0.15) is 4.98 Å². The summed E-state index contributed by atoms with van der Waals surface area (Å²) in [5.41, 5.74) is 8.70. The lowest BCUT2D eigenvalue weighted by Crippen LogP contribution is -2.20. The summed E-state index contributed by atoms with van der Waals surface area (Å²) in [7, 11) is 0. The number of benzene rings is 2.